The SMILES string of the molecule is FC(F)(F)COCc1nnc2c(C(F)(F)F)c(OC3CCCCC3)ccn12. The number of nitrogens with zero attached hydrogens (tertiary/aromatic N) is 3. The topological polar surface area (TPSA) is 48.7 Å². The molecule has 2 heterocycles. The summed E-state index contributed by atoms with van der Waals surface area (Å²) in [7, 11) is 0. The highest BCUT2D eigenvalue weighted by Crippen LogP contribution is 2.40. The Labute approximate surface area is 150 Å². The highest BCUT2D eigenvalue weighted by Gasteiger charge is 2.39. The molecule has 3 rings (SSSR count). The summed E-state index contributed by atoms with van der Waals surface area (Å²) in [6.07, 6.45) is -4.22. The van der Waals surface area contributed by atoms with E-state index in [0.717, 1.165) is 29.7 Å². The van der Waals surface area contributed by atoms with Crippen molar-refractivity contribution < 1.29 is 35.8 Å². The van der Waals surface area contributed by atoms with Crippen molar-refractivity contribution in [3.63, 3.8) is 0 Å². The van der Waals surface area contributed by atoms with Crippen LogP contribution in [0.2, 0.25) is 0 Å². The van der Waals surface area contributed by atoms with Gasteiger partial charge in [-0.2, -0.15) is 26.3 Å². The van der Waals surface area contributed by atoms with Crippen LogP contribution in [0.25, 0.3) is 5.65 Å². The standard InChI is InChI=1S/C16H17F6N3O2/c17-15(18,19)9-26-8-12-23-24-14-13(16(20,21)22)11(6-7-25(12)14)27-10-4-2-1-3-5-10/h6-7,10H,1-5,8-9H2. The second-order valence-electron chi connectivity index (χ2n) is 6.35. The van der Waals surface area contributed by atoms with Crippen molar-refractivity contribution in [1.29, 1.82) is 0 Å². The predicted octanol–water partition coefficient (Wildman–Crippen LogP) is 4.54. The van der Waals surface area contributed by atoms with Crippen LogP contribution in [0.4, 0.5) is 26.3 Å². The van der Waals surface area contributed by atoms with E-state index in [9.17, 15) is 26.3 Å². The molecule has 1 aliphatic rings. The summed E-state index contributed by atoms with van der Waals surface area (Å²) < 4.78 is 88.3. The van der Waals surface area contributed by atoms with E-state index < -0.39 is 36.8 Å². The van der Waals surface area contributed by atoms with Crippen molar-refractivity contribution in [3.8, 4) is 5.75 Å². The summed E-state index contributed by atoms with van der Waals surface area (Å²) in [5.41, 5.74) is -1.62. The molecule has 150 valence electrons. The van der Waals surface area contributed by atoms with Crippen LogP contribution in [0.3, 0.4) is 0 Å². The van der Waals surface area contributed by atoms with Crippen molar-refractivity contribution in [2.45, 2.75) is 57.2 Å². The van der Waals surface area contributed by atoms with E-state index in [-0.39, 0.29) is 17.7 Å². The molecule has 0 N–H and O–H groups in total. The molecular weight excluding hydrogens is 380 g/mol. The lowest BCUT2D eigenvalue weighted by Gasteiger charge is -2.24. The van der Waals surface area contributed by atoms with Gasteiger partial charge >= 0.3 is 12.4 Å². The van der Waals surface area contributed by atoms with Crippen molar-refractivity contribution in [2.75, 3.05) is 6.61 Å². The smallest absolute Gasteiger partial charge is 0.423 e. The minimum atomic E-state index is -4.76. The van der Waals surface area contributed by atoms with Crippen molar-refractivity contribution in [3.05, 3.63) is 23.7 Å². The summed E-state index contributed by atoms with van der Waals surface area (Å²) in [5, 5.41) is 7.05. The first kappa shape index (κ1) is 19.7. The van der Waals surface area contributed by atoms with Crippen LogP contribution in [-0.2, 0) is 17.5 Å². The fourth-order valence-electron chi connectivity index (χ4n) is 3.07. The molecule has 27 heavy (non-hydrogen) atoms. The second kappa shape index (κ2) is 7.53. The summed E-state index contributed by atoms with van der Waals surface area (Å²) >= 11 is 0. The molecular formula is C16H17F6N3O2. The molecule has 0 aliphatic heterocycles. The number of rotatable bonds is 5. The third kappa shape index (κ3) is 4.82. The molecule has 1 saturated carbocycles. The summed E-state index contributed by atoms with van der Waals surface area (Å²) in [6, 6.07) is 1.14. The number of hydrogen-bond donors (Lipinski definition) is 0. The Morgan fingerprint density at radius 2 is 1.74 bits per heavy atom. The van der Waals surface area contributed by atoms with E-state index in [4.69, 9.17) is 4.74 Å². The van der Waals surface area contributed by atoms with Gasteiger partial charge in [-0.15, -0.1) is 10.2 Å². The maximum Gasteiger partial charge on any atom is 0.423 e. The number of pyridine rings is 1. The predicted molar refractivity (Wildman–Crippen MR) is 81.2 cm³/mol. The molecule has 0 spiro atoms. The van der Waals surface area contributed by atoms with Gasteiger partial charge in [-0.3, -0.25) is 4.40 Å². The fourth-order valence-corrected chi connectivity index (χ4v) is 3.07. The quantitative estimate of drug-likeness (QED) is 0.696. The Hall–Kier alpha value is -2.04. The minimum absolute atomic E-state index is 0.163. The van der Waals surface area contributed by atoms with Gasteiger partial charge in [0, 0.05) is 6.20 Å². The Kier molecular flexibility index (Phi) is 5.50. The van der Waals surface area contributed by atoms with Crippen LogP contribution in [-0.4, -0.2) is 33.5 Å². The molecule has 0 aromatic carbocycles. The first-order chi connectivity index (χ1) is 12.6. The summed E-state index contributed by atoms with van der Waals surface area (Å²) in [5.74, 6) is -0.513. The molecule has 0 atom stereocenters. The van der Waals surface area contributed by atoms with E-state index in [1.165, 1.54) is 6.20 Å². The average molecular weight is 397 g/mol. The lowest BCUT2D eigenvalue weighted by molar-refractivity contribution is -0.177. The third-order valence-electron chi connectivity index (χ3n) is 4.24. The van der Waals surface area contributed by atoms with Crippen LogP contribution in [0.1, 0.15) is 43.5 Å². The number of alkyl halides is 6. The van der Waals surface area contributed by atoms with Gasteiger partial charge in [0.2, 0.25) is 0 Å². The molecule has 0 unspecified atom stereocenters. The van der Waals surface area contributed by atoms with Gasteiger partial charge in [0.1, 0.15) is 24.5 Å². The zero-order chi connectivity index (χ0) is 19.7. The zero-order valence-corrected chi connectivity index (χ0v) is 14.1. The van der Waals surface area contributed by atoms with Crippen LogP contribution < -0.4 is 4.74 Å². The summed E-state index contributed by atoms with van der Waals surface area (Å²) in [6.45, 7) is -2.16. The Morgan fingerprint density at radius 1 is 1.04 bits per heavy atom. The molecule has 0 saturated heterocycles. The fraction of sp³-hybridized carbons (Fsp3) is 0.625. The van der Waals surface area contributed by atoms with Crippen LogP contribution in [0.15, 0.2) is 12.3 Å². The van der Waals surface area contributed by atoms with Crippen molar-refractivity contribution >= 4 is 5.65 Å². The van der Waals surface area contributed by atoms with Crippen LogP contribution in [0, 0.1) is 0 Å². The highest BCUT2D eigenvalue weighted by atomic mass is 19.4. The zero-order valence-electron chi connectivity index (χ0n) is 14.1. The van der Waals surface area contributed by atoms with Crippen LogP contribution in [0.5, 0.6) is 5.75 Å². The molecule has 0 bridgehead atoms. The summed E-state index contributed by atoms with van der Waals surface area (Å²) in [4.78, 5) is 0. The second-order valence-corrected chi connectivity index (χ2v) is 6.35. The maximum absolute atomic E-state index is 13.6. The number of halogens is 6. The molecule has 11 heteroatoms. The molecule has 0 amide bonds. The first-order valence-corrected chi connectivity index (χ1v) is 8.40. The largest absolute Gasteiger partial charge is 0.490 e. The van der Waals surface area contributed by atoms with Gasteiger partial charge in [-0.25, -0.2) is 0 Å². The normalized spacial score (nSPS) is 16.8. The van der Waals surface area contributed by atoms with E-state index >= 15 is 0 Å². The monoisotopic (exact) mass is 397 g/mol. The van der Waals surface area contributed by atoms with Crippen LogP contribution >= 0.6 is 0 Å². The number of fused-ring (bicyclic) bond motifs is 1. The van der Waals surface area contributed by atoms with Gasteiger partial charge in [0.25, 0.3) is 0 Å². The Balaban J connectivity index is 1.89. The third-order valence-corrected chi connectivity index (χ3v) is 4.24. The van der Waals surface area contributed by atoms with E-state index in [1.54, 1.807) is 0 Å². The lowest BCUT2D eigenvalue weighted by Crippen LogP contribution is -2.22. The molecule has 2 aromatic rings. The Morgan fingerprint density at radius 3 is 2.37 bits per heavy atom. The maximum atomic E-state index is 13.6. The van der Waals surface area contributed by atoms with Gasteiger partial charge < -0.3 is 9.47 Å². The minimum Gasteiger partial charge on any atom is -0.490 e. The number of ether oxygens (including phenoxy) is 2. The van der Waals surface area contributed by atoms with Gasteiger partial charge in [0.05, 0.1) is 6.10 Å². The molecule has 0 radical (unpaired) electrons. The first-order valence-electron chi connectivity index (χ1n) is 8.40. The van der Waals surface area contributed by atoms with E-state index in [2.05, 4.69) is 14.9 Å². The highest BCUT2D eigenvalue weighted by molar-refractivity contribution is 5.56. The molecule has 2 aromatic heterocycles. The number of hydrogen-bond acceptors (Lipinski definition) is 4. The van der Waals surface area contributed by atoms with Gasteiger partial charge in [0.15, 0.2) is 11.5 Å². The van der Waals surface area contributed by atoms with Gasteiger partial charge in [-0.1, -0.05) is 6.42 Å². The lowest BCUT2D eigenvalue weighted by atomic mass is 9.98. The number of aromatic nitrogens is 3. The molecule has 5 nitrogen and oxygen atoms in total. The Bertz CT molecular complexity index is 781. The van der Waals surface area contributed by atoms with E-state index in [0.29, 0.717) is 12.8 Å². The average Bonchev–Trinajstić information content (AvgIpc) is 2.96. The van der Waals surface area contributed by atoms with E-state index in [1.807, 2.05) is 0 Å². The van der Waals surface area contributed by atoms with Crippen molar-refractivity contribution in [1.82, 2.24) is 14.6 Å². The molecule has 1 aliphatic carbocycles. The van der Waals surface area contributed by atoms with Gasteiger partial charge in [-0.05, 0) is 31.7 Å². The van der Waals surface area contributed by atoms with Crippen molar-refractivity contribution in [2.24, 2.45) is 0 Å². The molecule has 1 fully saturated rings.